The van der Waals surface area contributed by atoms with Crippen LogP contribution in [0.5, 0.6) is 0 Å². The van der Waals surface area contributed by atoms with Gasteiger partial charge in [0.05, 0.1) is 5.54 Å². The summed E-state index contributed by atoms with van der Waals surface area (Å²) in [4.78, 5) is 2.09. The topological polar surface area (TPSA) is 12.5 Å². The van der Waals surface area contributed by atoms with E-state index in [-0.39, 0.29) is 5.54 Å². The van der Waals surface area contributed by atoms with Crippen LogP contribution in [0.1, 0.15) is 25.0 Å². The third-order valence-electron chi connectivity index (χ3n) is 3.61. The summed E-state index contributed by atoms with van der Waals surface area (Å²) in [6.45, 7) is 12.3. The van der Waals surface area contributed by atoms with Gasteiger partial charge in [-0.25, -0.2) is 0 Å². The monoisotopic (exact) mass is 243 g/mol. The molecule has 0 fully saturated rings. The number of benzene rings is 1. The Morgan fingerprint density at radius 1 is 1.22 bits per heavy atom. The van der Waals surface area contributed by atoms with Gasteiger partial charge in [-0.1, -0.05) is 18.7 Å². The zero-order valence-electron chi connectivity index (χ0n) is 12.3. The number of hydrogen-bond acceptors (Lipinski definition) is 2. The molecule has 0 bridgehead atoms. The van der Waals surface area contributed by atoms with Gasteiger partial charge in [-0.15, -0.1) is 0 Å². The lowest BCUT2D eigenvalue weighted by molar-refractivity contribution is 0.225. The maximum Gasteiger partial charge on any atom is 0.373 e. The van der Waals surface area contributed by atoms with Crippen molar-refractivity contribution < 1.29 is 4.65 Å². The van der Waals surface area contributed by atoms with Crippen molar-refractivity contribution in [3.05, 3.63) is 33.7 Å². The van der Waals surface area contributed by atoms with Crippen LogP contribution in [0, 0.1) is 13.8 Å². The van der Waals surface area contributed by atoms with E-state index in [0.717, 1.165) is 27.3 Å². The zero-order chi connectivity index (χ0) is 14.1. The normalized spacial score (nSPS) is 11.7. The minimum Gasteiger partial charge on any atom is -0.569 e. The third kappa shape index (κ3) is 2.61. The van der Waals surface area contributed by atoms with E-state index in [1.807, 2.05) is 26.2 Å². The Balaban J connectivity index is 3.75. The number of hydrogen-bond donors (Lipinski definition) is 0. The molecule has 0 N–H and O–H groups in total. The Bertz CT molecular complexity index is 517. The molecule has 0 aliphatic heterocycles. The molecule has 96 valence electrons. The molecule has 0 saturated carbocycles. The minimum atomic E-state index is -0.271. The number of rotatable bonds is 3. The molecule has 1 aromatic carbocycles. The fourth-order valence-electron chi connectivity index (χ4n) is 2.12. The first-order valence-corrected chi connectivity index (χ1v) is 6.07. The average molecular weight is 243 g/mol. The van der Waals surface area contributed by atoms with Crippen molar-refractivity contribution in [1.29, 1.82) is 0 Å². The van der Waals surface area contributed by atoms with Crippen LogP contribution in [-0.4, -0.2) is 32.6 Å². The highest BCUT2D eigenvalue weighted by molar-refractivity contribution is 6.01. The van der Waals surface area contributed by atoms with Crippen molar-refractivity contribution >= 4 is 20.4 Å². The first-order valence-electron chi connectivity index (χ1n) is 6.07. The molecule has 2 radical (unpaired) electrons. The summed E-state index contributed by atoms with van der Waals surface area (Å²) in [5.74, 6) is 0.780. The van der Waals surface area contributed by atoms with Crippen LogP contribution in [0.4, 0.5) is 0 Å². The summed E-state index contributed by atoms with van der Waals surface area (Å²) < 4.78 is 5.22. The Labute approximate surface area is 111 Å². The molecule has 0 atom stereocenters. The van der Waals surface area contributed by atoms with E-state index in [2.05, 4.69) is 39.2 Å². The van der Waals surface area contributed by atoms with Crippen LogP contribution in [0.15, 0.2) is 12.1 Å². The second-order valence-corrected chi connectivity index (χ2v) is 5.51. The predicted molar refractivity (Wildman–Crippen MR) is 78.7 cm³/mol. The Hall–Kier alpha value is -1.22. The highest BCUT2D eigenvalue weighted by Crippen LogP contribution is 2.22. The molecule has 1 aromatic rings. The van der Waals surface area contributed by atoms with E-state index in [9.17, 15) is 0 Å². The number of aryl methyl sites for hydroxylation is 2. The van der Waals surface area contributed by atoms with E-state index < -0.39 is 0 Å². The van der Waals surface area contributed by atoms with Gasteiger partial charge in [0.25, 0.3) is 0 Å². The minimum absolute atomic E-state index is 0.271. The van der Waals surface area contributed by atoms with Gasteiger partial charge in [-0.3, -0.25) is 4.90 Å². The lowest BCUT2D eigenvalue weighted by Gasteiger charge is -2.35. The van der Waals surface area contributed by atoms with Crippen LogP contribution < -0.4 is 10.4 Å². The Kier molecular flexibility index (Phi) is 4.28. The molecular weight excluding hydrogens is 221 g/mol. The van der Waals surface area contributed by atoms with Gasteiger partial charge in [-0.2, -0.15) is 0 Å². The average Bonchev–Trinajstić information content (AvgIpc) is 2.22. The molecule has 0 saturated heterocycles. The summed E-state index contributed by atoms with van der Waals surface area (Å²) in [5, 5.41) is 2.08. The maximum absolute atomic E-state index is 5.53. The smallest absolute Gasteiger partial charge is 0.373 e. The van der Waals surface area contributed by atoms with Crippen molar-refractivity contribution in [3.8, 4) is 0 Å². The quantitative estimate of drug-likeness (QED) is 0.741. The van der Waals surface area contributed by atoms with Crippen molar-refractivity contribution in [1.82, 2.24) is 4.90 Å². The van der Waals surface area contributed by atoms with Gasteiger partial charge in [-0.05, 0) is 58.1 Å². The van der Waals surface area contributed by atoms with E-state index in [4.69, 9.17) is 12.7 Å². The number of likely N-dealkylation sites (N-methyl/N-ethyl adjacent to an activating group) is 1. The number of nitrogens with zero attached hydrogens (tertiary/aromatic N) is 1. The van der Waals surface area contributed by atoms with Crippen LogP contribution >= 0.6 is 0 Å². The summed E-state index contributed by atoms with van der Waals surface area (Å²) >= 11 is 0. The largest absolute Gasteiger partial charge is 0.569 e. The Morgan fingerprint density at radius 3 is 2.00 bits per heavy atom. The molecule has 18 heavy (non-hydrogen) atoms. The molecule has 0 aliphatic carbocycles. The SMILES string of the molecule is [B]OC(=c1c(C)cc(=C)cc1C)C(C)(C)N(C)C. The third-order valence-corrected chi connectivity index (χ3v) is 3.61. The van der Waals surface area contributed by atoms with Crippen molar-refractivity contribution in [2.75, 3.05) is 14.1 Å². The molecule has 3 heteroatoms. The highest BCUT2D eigenvalue weighted by Gasteiger charge is 2.27. The first-order chi connectivity index (χ1) is 8.21. The van der Waals surface area contributed by atoms with Gasteiger partial charge in [0, 0.05) is 5.22 Å². The lowest BCUT2D eigenvalue weighted by atomic mass is 9.94. The van der Waals surface area contributed by atoms with E-state index >= 15 is 0 Å². The summed E-state index contributed by atoms with van der Waals surface area (Å²) in [6, 6.07) is 4.10. The predicted octanol–water partition coefficient (Wildman–Crippen LogP) is 1.26. The van der Waals surface area contributed by atoms with Crippen LogP contribution in [0.3, 0.4) is 0 Å². The van der Waals surface area contributed by atoms with Crippen LogP contribution in [0.25, 0.3) is 12.3 Å². The molecule has 0 aliphatic rings. The van der Waals surface area contributed by atoms with Gasteiger partial charge in [0.1, 0.15) is 5.76 Å². The molecular formula is C15H22BNO. The van der Waals surface area contributed by atoms with E-state index in [0.29, 0.717) is 0 Å². The second-order valence-electron chi connectivity index (χ2n) is 5.51. The fraction of sp³-hybridized carbons (Fsp3) is 0.467. The molecule has 0 spiro atoms. The maximum atomic E-state index is 5.53. The van der Waals surface area contributed by atoms with Gasteiger partial charge < -0.3 is 4.65 Å². The molecule has 1 rings (SSSR count). The zero-order valence-corrected chi connectivity index (χ0v) is 12.3. The van der Waals surface area contributed by atoms with Gasteiger partial charge in [0.15, 0.2) is 0 Å². The standard InChI is InChI=1S/C15H22BNO/c1-10-8-11(2)13(12(3)9-10)14(18-16)15(4,5)17(6)7/h8-9H,1H2,2-7H3. The van der Waals surface area contributed by atoms with Crippen molar-refractivity contribution in [3.63, 3.8) is 0 Å². The van der Waals surface area contributed by atoms with Crippen LogP contribution in [0.2, 0.25) is 0 Å². The molecule has 0 heterocycles. The summed E-state index contributed by atoms with van der Waals surface area (Å²) in [5.41, 5.74) is 2.00. The van der Waals surface area contributed by atoms with Crippen molar-refractivity contribution in [2.45, 2.75) is 33.2 Å². The molecule has 0 aromatic heterocycles. The van der Waals surface area contributed by atoms with E-state index in [1.165, 1.54) is 0 Å². The van der Waals surface area contributed by atoms with Gasteiger partial charge >= 0.3 is 8.05 Å². The summed E-state index contributed by atoms with van der Waals surface area (Å²) in [7, 11) is 9.55. The van der Waals surface area contributed by atoms with E-state index in [1.54, 1.807) is 0 Å². The lowest BCUT2D eigenvalue weighted by Crippen LogP contribution is -2.43. The van der Waals surface area contributed by atoms with Crippen LogP contribution in [-0.2, 0) is 4.65 Å². The summed E-state index contributed by atoms with van der Waals surface area (Å²) in [6.07, 6.45) is 0. The van der Waals surface area contributed by atoms with Crippen molar-refractivity contribution in [2.24, 2.45) is 0 Å². The molecule has 0 amide bonds. The van der Waals surface area contributed by atoms with Gasteiger partial charge in [0.2, 0.25) is 0 Å². The fourth-order valence-corrected chi connectivity index (χ4v) is 2.12. The Morgan fingerprint density at radius 2 is 1.67 bits per heavy atom. The molecule has 0 unspecified atom stereocenters. The second kappa shape index (κ2) is 5.19. The molecule has 2 nitrogen and oxygen atoms in total. The highest BCUT2D eigenvalue weighted by atomic mass is 16.4. The first kappa shape index (κ1) is 14.8.